The zero-order valence-corrected chi connectivity index (χ0v) is 21.1. The summed E-state index contributed by atoms with van der Waals surface area (Å²) < 4.78 is 51.3. The van der Waals surface area contributed by atoms with Crippen LogP contribution in [-0.4, -0.2) is 69.1 Å². The molecule has 3 aromatic carbocycles. The monoisotopic (exact) mass is 552 g/mol. The first kappa shape index (κ1) is 26.4. The number of ether oxygens (including phenoxy) is 2. The fourth-order valence-corrected chi connectivity index (χ4v) is 5.78. The summed E-state index contributed by atoms with van der Waals surface area (Å²) in [6, 6.07) is 13.4. The number of rotatable bonds is 6. The van der Waals surface area contributed by atoms with Crippen LogP contribution in [0.1, 0.15) is 42.2 Å². The first-order valence-electron chi connectivity index (χ1n) is 11.8. The van der Waals surface area contributed by atoms with Gasteiger partial charge in [-0.05, 0) is 36.4 Å². The Balaban J connectivity index is 1.26. The molecule has 0 atom stereocenters. The Morgan fingerprint density at radius 1 is 0.897 bits per heavy atom. The van der Waals surface area contributed by atoms with Gasteiger partial charge in [0.15, 0.2) is 18.2 Å². The highest BCUT2D eigenvalue weighted by atomic mass is 32.2. The lowest BCUT2D eigenvalue weighted by atomic mass is 9.84. The molecule has 3 aromatic rings. The number of halogens is 1. The Morgan fingerprint density at radius 2 is 1.54 bits per heavy atom. The number of nitrogens with one attached hydrogen (secondary N) is 1. The van der Waals surface area contributed by atoms with Gasteiger partial charge in [-0.3, -0.25) is 14.4 Å². The van der Waals surface area contributed by atoms with E-state index in [-0.39, 0.29) is 65.1 Å². The van der Waals surface area contributed by atoms with Crippen molar-refractivity contribution >= 4 is 39.2 Å². The Hall–Kier alpha value is -4.26. The molecule has 1 fully saturated rings. The van der Waals surface area contributed by atoms with Crippen LogP contribution in [0.4, 0.5) is 10.1 Å². The maximum absolute atomic E-state index is 14.4. The summed E-state index contributed by atoms with van der Waals surface area (Å²) in [5, 5.41) is 2.46. The molecule has 0 unspecified atom stereocenters. The fourth-order valence-electron chi connectivity index (χ4n) is 4.34. The molecule has 1 aliphatic carbocycles. The zero-order valence-electron chi connectivity index (χ0n) is 20.3. The zero-order chi connectivity index (χ0) is 27.7. The number of esters is 1. The first-order valence-corrected chi connectivity index (χ1v) is 13.3. The lowest BCUT2D eigenvalue weighted by Crippen LogP contribution is -2.40. The SMILES string of the molecule is O=C(COC(=O)c1cc(S(=O)(=O)N2CCOCC2)ccc1F)Nc1ccc2c(c1)C(=O)c1ccccc1C2=O. The number of fused-ring (bicyclic) bond motifs is 2. The fraction of sp³-hybridized carbons (Fsp3) is 0.185. The molecule has 2 aliphatic rings. The molecule has 0 bridgehead atoms. The maximum atomic E-state index is 14.4. The summed E-state index contributed by atoms with van der Waals surface area (Å²) >= 11 is 0. The number of carbonyl (C=O) groups excluding carboxylic acids is 4. The topological polar surface area (TPSA) is 136 Å². The molecule has 5 rings (SSSR count). The highest BCUT2D eigenvalue weighted by Crippen LogP contribution is 2.29. The predicted molar refractivity (Wildman–Crippen MR) is 135 cm³/mol. The molecule has 200 valence electrons. The molecular formula is C27H21FN2O8S. The Bertz CT molecular complexity index is 1630. The van der Waals surface area contributed by atoms with Crippen molar-refractivity contribution in [2.24, 2.45) is 0 Å². The van der Waals surface area contributed by atoms with Crippen LogP contribution in [0.15, 0.2) is 65.6 Å². The molecule has 1 saturated heterocycles. The average Bonchev–Trinajstić information content (AvgIpc) is 2.95. The van der Waals surface area contributed by atoms with Gasteiger partial charge < -0.3 is 14.8 Å². The van der Waals surface area contributed by atoms with Crippen LogP contribution >= 0.6 is 0 Å². The molecule has 12 heteroatoms. The Kier molecular flexibility index (Phi) is 7.08. The molecule has 1 amide bonds. The minimum atomic E-state index is -3.99. The highest BCUT2D eigenvalue weighted by molar-refractivity contribution is 7.89. The Morgan fingerprint density at radius 3 is 2.23 bits per heavy atom. The second-order valence-electron chi connectivity index (χ2n) is 8.75. The smallest absolute Gasteiger partial charge is 0.341 e. The van der Waals surface area contributed by atoms with E-state index < -0.39 is 39.9 Å². The van der Waals surface area contributed by atoms with Crippen LogP contribution in [0.3, 0.4) is 0 Å². The van der Waals surface area contributed by atoms with Crippen molar-refractivity contribution in [1.82, 2.24) is 4.31 Å². The summed E-state index contributed by atoms with van der Waals surface area (Å²) in [6.07, 6.45) is 0. The second kappa shape index (κ2) is 10.5. The number of hydrogen-bond donors (Lipinski definition) is 1. The summed E-state index contributed by atoms with van der Waals surface area (Å²) in [5.74, 6) is -3.73. The van der Waals surface area contributed by atoms with Crippen LogP contribution < -0.4 is 5.32 Å². The van der Waals surface area contributed by atoms with Crippen molar-refractivity contribution in [2.75, 3.05) is 38.2 Å². The molecule has 0 radical (unpaired) electrons. The first-order chi connectivity index (χ1) is 18.7. The molecule has 39 heavy (non-hydrogen) atoms. The van der Waals surface area contributed by atoms with Gasteiger partial charge in [-0.2, -0.15) is 4.31 Å². The van der Waals surface area contributed by atoms with E-state index in [4.69, 9.17) is 9.47 Å². The summed E-state index contributed by atoms with van der Waals surface area (Å²) in [4.78, 5) is 50.2. The molecule has 0 spiro atoms. The maximum Gasteiger partial charge on any atom is 0.341 e. The molecule has 1 aliphatic heterocycles. The van der Waals surface area contributed by atoms with Crippen molar-refractivity contribution in [3.8, 4) is 0 Å². The van der Waals surface area contributed by atoms with E-state index in [1.807, 2.05) is 0 Å². The van der Waals surface area contributed by atoms with Crippen LogP contribution in [0.25, 0.3) is 0 Å². The van der Waals surface area contributed by atoms with Crippen molar-refractivity contribution in [1.29, 1.82) is 0 Å². The average molecular weight is 553 g/mol. The summed E-state index contributed by atoms with van der Waals surface area (Å²) in [7, 11) is -3.99. The van der Waals surface area contributed by atoms with Crippen LogP contribution in [-0.2, 0) is 24.3 Å². The van der Waals surface area contributed by atoms with E-state index in [9.17, 15) is 32.0 Å². The number of nitrogens with zero attached hydrogens (tertiary/aromatic N) is 1. The number of anilines is 1. The van der Waals surface area contributed by atoms with Crippen molar-refractivity contribution < 1.29 is 41.5 Å². The number of carbonyl (C=O) groups is 4. The predicted octanol–water partition coefficient (Wildman–Crippen LogP) is 2.42. The second-order valence-corrected chi connectivity index (χ2v) is 10.7. The van der Waals surface area contributed by atoms with Gasteiger partial charge in [0.05, 0.1) is 23.7 Å². The minimum absolute atomic E-state index is 0.119. The molecule has 1 heterocycles. The van der Waals surface area contributed by atoms with Crippen LogP contribution in [0, 0.1) is 5.82 Å². The third kappa shape index (κ3) is 5.09. The van der Waals surface area contributed by atoms with E-state index in [0.29, 0.717) is 5.56 Å². The highest BCUT2D eigenvalue weighted by Gasteiger charge is 2.30. The molecule has 1 N–H and O–H groups in total. The van der Waals surface area contributed by atoms with Gasteiger partial charge in [0.1, 0.15) is 5.82 Å². The van der Waals surface area contributed by atoms with E-state index >= 15 is 0 Å². The Labute approximate surface area is 222 Å². The van der Waals surface area contributed by atoms with Crippen molar-refractivity contribution in [3.05, 3.63) is 94.3 Å². The number of hydrogen-bond acceptors (Lipinski definition) is 8. The molecule has 0 aromatic heterocycles. The number of benzene rings is 3. The van der Waals surface area contributed by atoms with Gasteiger partial charge in [-0.15, -0.1) is 0 Å². The molecule has 10 nitrogen and oxygen atoms in total. The lowest BCUT2D eigenvalue weighted by molar-refractivity contribution is -0.119. The number of ketones is 2. The third-order valence-electron chi connectivity index (χ3n) is 6.31. The van der Waals surface area contributed by atoms with Crippen LogP contribution in [0.2, 0.25) is 0 Å². The standard InChI is InChI=1S/C27H21FN2O8S/c28-23-8-6-17(39(35,36)30-9-11-37-12-10-30)14-22(23)27(34)38-15-24(31)29-16-5-7-20-21(13-16)26(33)19-4-2-1-3-18(19)25(20)32/h1-8,13-14H,9-12,15H2,(H,29,31). The van der Waals surface area contributed by atoms with Gasteiger partial charge >= 0.3 is 5.97 Å². The normalized spacial score (nSPS) is 15.3. The van der Waals surface area contributed by atoms with Gasteiger partial charge in [0, 0.05) is 41.0 Å². The van der Waals surface area contributed by atoms with E-state index in [0.717, 1.165) is 18.2 Å². The van der Waals surface area contributed by atoms with Crippen molar-refractivity contribution in [2.45, 2.75) is 4.90 Å². The molecule has 0 saturated carbocycles. The number of amides is 1. The third-order valence-corrected chi connectivity index (χ3v) is 8.20. The summed E-state index contributed by atoms with van der Waals surface area (Å²) in [6.45, 7) is -0.145. The van der Waals surface area contributed by atoms with Gasteiger partial charge in [0.25, 0.3) is 5.91 Å². The molecular weight excluding hydrogens is 531 g/mol. The van der Waals surface area contributed by atoms with Gasteiger partial charge in [-0.25, -0.2) is 17.6 Å². The quantitative estimate of drug-likeness (QED) is 0.360. The lowest BCUT2D eigenvalue weighted by Gasteiger charge is -2.26. The van der Waals surface area contributed by atoms with Crippen molar-refractivity contribution in [3.63, 3.8) is 0 Å². The number of sulfonamides is 1. The largest absolute Gasteiger partial charge is 0.452 e. The van der Waals surface area contributed by atoms with Gasteiger partial charge in [-0.1, -0.05) is 24.3 Å². The van der Waals surface area contributed by atoms with Gasteiger partial charge in [0.2, 0.25) is 10.0 Å². The minimum Gasteiger partial charge on any atom is -0.452 e. The van der Waals surface area contributed by atoms with E-state index in [2.05, 4.69) is 5.32 Å². The van der Waals surface area contributed by atoms with Crippen LogP contribution in [0.5, 0.6) is 0 Å². The number of morpholine rings is 1. The van der Waals surface area contributed by atoms with E-state index in [1.54, 1.807) is 24.3 Å². The van der Waals surface area contributed by atoms with E-state index in [1.165, 1.54) is 22.5 Å². The summed E-state index contributed by atoms with van der Waals surface area (Å²) in [5.41, 5.74) is 0.410.